The van der Waals surface area contributed by atoms with Crippen LogP contribution in [-0.4, -0.2) is 35.2 Å². The number of carbonyl (C=O) groups is 2. The maximum absolute atomic E-state index is 12.7. The normalized spacial score (nSPS) is 17.9. The Morgan fingerprint density at radius 3 is 2.76 bits per heavy atom. The molecule has 1 atom stereocenters. The fourth-order valence-corrected chi connectivity index (χ4v) is 3.35. The van der Waals surface area contributed by atoms with Gasteiger partial charge in [0.2, 0.25) is 12.7 Å². The third kappa shape index (κ3) is 2.91. The highest BCUT2D eigenvalue weighted by atomic mass is 16.7. The summed E-state index contributed by atoms with van der Waals surface area (Å²) >= 11 is 0. The van der Waals surface area contributed by atoms with Crippen molar-refractivity contribution in [3.8, 4) is 11.5 Å². The van der Waals surface area contributed by atoms with E-state index in [0.717, 1.165) is 16.7 Å². The van der Waals surface area contributed by atoms with Crippen LogP contribution in [0.1, 0.15) is 22.6 Å². The van der Waals surface area contributed by atoms with Gasteiger partial charge in [0.15, 0.2) is 11.5 Å². The first-order valence-electron chi connectivity index (χ1n) is 8.09. The molecule has 0 fully saturated rings. The highest BCUT2D eigenvalue weighted by molar-refractivity contribution is 5.83. The Morgan fingerprint density at radius 1 is 1.12 bits per heavy atom. The number of aliphatic carboxylic acids is 1. The molecule has 0 aromatic heterocycles. The van der Waals surface area contributed by atoms with E-state index in [2.05, 4.69) is 0 Å². The number of carboxylic acids is 1. The van der Waals surface area contributed by atoms with E-state index in [1.54, 1.807) is 17.0 Å². The van der Waals surface area contributed by atoms with Gasteiger partial charge in [-0.05, 0) is 28.8 Å². The van der Waals surface area contributed by atoms with Crippen LogP contribution in [0.15, 0.2) is 42.5 Å². The number of amides is 1. The van der Waals surface area contributed by atoms with Crippen molar-refractivity contribution >= 4 is 11.9 Å². The summed E-state index contributed by atoms with van der Waals surface area (Å²) < 4.78 is 10.6. The number of carboxylic acid groups (broad SMARTS) is 1. The molecule has 1 N–H and O–H groups in total. The second-order valence-corrected chi connectivity index (χ2v) is 6.23. The summed E-state index contributed by atoms with van der Waals surface area (Å²) in [5.41, 5.74) is 2.50. The van der Waals surface area contributed by atoms with E-state index in [4.69, 9.17) is 9.47 Å². The summed E-state index contributed by atoms with van der Waals surface area (Å²) in [7, 11) is 0. The predicted molar refractivity (Wildman–Crippen MR) is 88.5 cm³/mol. The van der Waals surface area contributed by atoms with Crippen LogP contribution in [-0.2, 0) is 22.6 Å². The molecule has 2 aromatic carbocycles. The lowest BCUT2D eigenvalue weighted by molar-refractivity contribution is -0.141. The summed E-state index contributed by atoms with van der Waals surface area (Å²) in [4.78, 5) is 25.9. The molecule has 6 heteroatoms. The first-order chi connectivity index (χ1) is 12.1. The van der Waals surface area contributed by atoms with Gasteiger partial charge in [-0.15, -0.1) is 0 Å². The van der Waals surface area contributed by atoms with Crippen molar-refractivity contribution in [2.24, 2.45) is 0 Å². The molecule has 2 heterocycles. The van der Waals surface area contributed by atoms with Gasteiger partial charge in [-0.3, -0.25) is 9.59 Å². The second kappa shape index (κ2) is 6.12. The van der Waals surface area contributed by atoms with E-state index >= 15 is 0 Å². The second-order valence-electron chi connectivity index (χ2n) is 6.23. The van der Waals surface area contributed by atoms with Crippen LogP contribution in [0.2, 0.25) is 0 Å². The van der Waals surface area contributed by atoms with E-state index in [1.807, 2.05) is 30.3 Å². The molecule has 0 bridgehead atoms. The SMILES string of the molecule is O=C(O)[C@H]1CN(C(=O)Cc2ccc3c(c2)OCO3)Cc2ccccc21. The van der Waals surface area contributed by atoms with Gasteiger partial charge in [-0.2, -0.15) is 0 Å². The standard InChI is InChI=1S/C19H17NO5/c21-18(8-12-5-6-16-17(7-12)25-11-24-16)20-9-13-3-1-2-4-14(13)15(10-20)19(22)23/h1-7,15H,8-11H2,(H,22,23)/t15-/m0/s1. The lowest BCUT2D eigenvalue weighted by Crippen LogP contribution is -2.41. The Morgan fingerprint density at radius 2 is 1.92 bits per heavy atom. The van der Waals surface area contributed by atoms with Crippen molar-refractivity contribution in [3.05, 3.63) is 59.2 Å². The van der Waals surface area contributed by atoms with Crippen molar-refractivity contribution in [2.45, 2.75) is 18.9 Å². The largest absolute Gasteiger partial charge is 0.481 e. The number of fused-ring (bicyclic) bond motifs is 2. The number of benzene rings is 2. The van der Waals surface area contributed by atoms with Crippen LogP contribution in [0.25, 0.3) is 0 Å². The Kier molecular flexibility index (Phi) is 3.80. The van der Waals surface area contributed by atoms with Gasteiger partial charge >= 0.3 is 5.97 Å². The van der Waals surface area contributed by atoms with Crippen LogP contribution in [0, 0.1) is 0 Å². The Bertz CT molecular complexity index is 847. The van der Waals surface area contributed by atoms with Gasteiger partial charge in [0.05, 0.1) is 12.3 Å². The number of hydrogen-bond acceptors (Lipinski definition) is 4. The number of nitrogens with zero attached hydrogens (tertiary/aromatic N) is 1. The van der Waals surface area contributed by atoms with Gasteiger partial charge < -0.3 is 19.5 Å². The smallest absolute Gasteiger partial charge is 0.312 e. The third-order valence-corrected chi connectivity index (χ3v) is 4.64. The minimum atomic E-state index is -0.909. The first-order valence-corrected chi connectivity index (χ1v) is 8.09. The van der Waals surface area contributed by atoms with Gasteiger partial charge in [0, 0.05) is 13.1 Å². The zero-order valence-corrected chi connectivity index (χ0v) is 13.5. The summed E-state index contributed by atoms with van der Waals surface area (Å²) in [5.74, 6) is -0.384. The molecule has 0 unspecified atom stereocenters. The average molecular weight is 339 g/mol. The number of carbonyl (C=O) groups excluding carboxylic acids is 1. The number of ether oxygens (including phenoxy) is 2. The topological polar surface area (TPSA) is 76.1 Å². The van der Waals surface area contributed by atoms with Crippen LogP contribution in [0.4, 0.5) is 0 Å². The molecule has 4 rings (SSSR count). The molecule has 6 nitrogen and oxygen atoms in total. The highest BCUT2D eigenvalue weighted by Crippen LogP contribution is 2.33. The van der Waals surface area contributed by atoms with E-state index in [1.165, 1.54) is 0 Å². The average Bonchev–Trinajstić information content (AvgIpc) is 3.08. The summed E-state index contributed by atoms with van der Waals surface area (Å²) in [6.07, 6.45) is 0.200. The van der Waals surface area contributed by atoms with Crippen molar-refractivity contribution in [1.29, 1.82) is 0 Å². The fourth-order valence-electron chi connectivity index (χ4n) is 3.35. The van der Waals surface area contributed by atoms with Crippen LogP contribution < -0.4 is 9.47 Å². The first kappa shape index (κ1) is 15.5. The zero-order chi connectivity index (χ0) is 17.4. The maximum Gasteiger partial charge on any atom is 0.312 e. The quantitative estimate of drug-likeness (QED) is 0.927. The monoisotopic (exact) mass is 339 g/mol. The fraction of sp³-hybridized carbons (Fsp3) is 0.263. The van der Waals surface area contributed by atoms with Crippen molar-refractivity contribution < 1.29 is 24.2 Å². The molecule has 0 spiro atoms. The molecule has 2 aromatic rings. The van der Waals surface area contributed by atoms with E-state index in [9.17, 15) is 14.7 Å². The maximum atomic E-state index is 12.7. The lowest BCUT2D eigenvalue weighted by Gasteiger charge is -2.33. The highest BCUT2D eigenvalue weighted by Gasteiger charge is 2.32. The summed E-state index contributed by atoms with van der Waals surface area (Å²) in [6.45, 7) is 0.814. The molecule has 2 aliphatic rings. The van der Waals surface area contributed by atoms with Crippen molar-refractivity contribution in [2.75, 3.05) is 13.3 Å². The minimum absolute atomic E-state index is 0.0976. The third-order valence-electron chi connectivity index (χ3n) is 4.64. The Labute approximate surface area is 144 Å². The van der Waals surface area contributed by atoms with Gasteiger partial charge in [-0.25, -0.2) is 0 Å². The van der Waals surface area contributed by atoms with Gasteiger partial charge in [0.1, 0.15) is 0 Å². The van der Waals surface area contributed by atoms with E-state index in [-0.39, 0.29) is 25.7 Å². The number of rotatable bonds is 3. The molecule has 25 heavy (non-hydrogen) atoms. The Hall–Kier alpha value is -3.02. The molecule has 0 saturated heterocycles. The van der Waals surface area contributed by atoms with Gasteiger partial charge in [0.25, 0.3) is 0 Å². The molecule has 0 aliphatic carbocycles. The number of hydrogen-bond donors (Lipinski definition) is 1. The zero-order valence-electron chi connectivity index (χ0n) is 13.5. The molecular weight excluding hydrogens is 322 g/mol. The minimum Gasteiger partial charge on any atom is -0.481 e. The van der Waals surface area contributed by atoms with Crippen LogP contribution in [0.5, 0.6) is 11.5 Å². The van der Waals surface area contributed by atoms with Crippen LogP contribution >= 0.6 is 0 Å². The van der Waals surface area contributed by atoms with Crippen molar-refractivity contribution in [3.63, 3.8) is 0 Å². The summed E-state index contributed by atoms with van der Waals surface area (Å²) in [5, 5.41) is 9.51. The molecule has 128 valence electrons. The van der Waals surface area contributed by atoms with E-state index in [0.29, 0.717) is 18.0 Å². The lowest BCUT2D eigenvalue weighted by atomic mass is 9.89. The molecule has 0 saturated carbocycles. The van der Waals surface area contributed by atoms with E-state index < -0.39 is 11.9 Å². The molecular formula is C19H17NO5. The summed E-state index contributed by atoms with van der Waals surface area (Å²) in [6, 6.07) is 12.8. The molecule has 2 aliphatic heterocycles. The van der Waals surface area contributed by atoms with Crippen molar-refractivity contribution in [1.82, 2.24) is 4.90 Å². The molecule has 1 amide bonds. The molecule has 0 radical (unpaired) electrons. The van der Waals surface area contributed by atoms with Crippen LogP contribution in [0.3, 0.4) is 0 Å². The van der Waals surface area contributed by atoms with Gasteiger partial charge in [-0.1, -0.05) is 30.3 Å². The Balaban J connectivity index is 1.54. The predicted octanol–water partition coefficient (Wildman–Crippen LogP) is 2.17.